The quantitative estimate of drug-likeness (QED) is 0.371. The molecule has 2 aromatic rings. The molecular formula is C11H9N3O3. The Morgan fingerprint density at radius 2 is 2.18 bits per heavy atom. The van der Waals surface area contributed by atoms with Gasteiger partial charge in [0.1, 0.15) is 6.07 Å². The summed E-state index contributed by atoms with van der Waals surface area (Å²) in [6, 6.07) is 5.86. The number of H-pyrrole nitrogens is 1. The van der Waals surface area contributed by atoms with E-state index in [0.717, 1.165) is 0 Å². The molecule has 0 radical (unpaired) electrons. The average molecular weight is 231 g/mol. The third-order valence-electron chi connectivity index (χ3n) is 2.23. The number of rotatable bonds is 2. The van der Waals surface area contributed by atoms with Crippen LogP contribution in [-0.4, -0.2) is 15.7 Å². The van der Waals surface area contributed by atoms with E-state index in [1.807, 2.05) is 0 Å². The van der Waals surface area contributed by atoms with Gasteiger partial charge in [-0.05, 0) is 6.07 Å². The van der Waals surface area contributed by atoms with Crippen LogP contribution in [0.2, 0.25) is 0 Å². The van der Waals surface area contributed by atoms with Crippen molar-refractivity contribution in [3.05, 3.63) is 40.1 Å². The summed E-state index contributed by atoms with van der Waals surface area (Å²) in [6.45, 7) is 0. The fourth-order valence-electron chi connectivity index (χ4n) is 1.56. The minimum Gasteiger partial charge on any atom is -0.360 e. The molecule has 6 nitrogen and oxygen atoms in total. The lowest BCUT2D eigenvalue weighted by atomic mass is 10.1. The van der Waals surface area contributed by atoms with Crippen molar-refractivity contribution in [2.75, 3.05) is 0 Å². The minimum atomic E-state index is -0.791. The molecule has 0 bridgehead atoms. The molecule has 17 heavy (non-hydrogen) atoms. The van der Waals surface area contributed by atoms with Crippen LogP contribution in [0.5, 0.6) is 0 Å². The molecule has 1 N–H and O–H groups in total. The van der Waals surface area contributed by atoms with Gasteiger partial charge in [-0.3, -0.25) is 14.9 Å². The number of nitrogens with one attached hydrogen (secondary N) is 1. The number of nitro benzene ring substituents is 1. The van der Waals surface area contributed by atoms with Gasteiger partial charge in [0.15, 0.2) is 0 Å². The highest BCUT2D eigenvalue weighted by Crippen LogP contribution is 2.28. The average Bonchev–Trinajstić information content (AvgIpc) is 2.71. The summed E-state index contributed by atoms with van der Waals surface area (Å²) >= 11 is 0. The lowest BCUT2D eigenvalue weighted by molar-refractivity contribution is -0.383. The van der Waals surface area contributed by atoms with E-state index in [2.05, 4.69) is 4.98 Å². The Morgan fingerprint density at radius 1 is 1.47 bits per heavy atom. The van der Waals surface area contributed by atoms with Crippen molar-refractivity contribution in [3.63, 3.8) is 0 Å². The molecule has 1 heterocycles. The maximum Gasteiger partial charge on any atom is 0.279 e. The number of carbonyl (C=O) groups excluding carboxylic acids is 1. The number of hydrogen-bond acceptors (Lipinski definition) is 4. The summed E-state index contributed by atoms with van der Waals surface area (Å²) in [4.78, 5) is 24.2. The molecule has 0 amide bonds. The Bertz CT molecular complexity index is 637. The molecule has 86 valence electrons. The van der Waals surface area contributed by atoms with Gasteiger partial charge in [-0.1, -0.05) is 13.5 Å². The number of Topliss-reactive ketones (excluding diaryl/α,β-unsaturated/α-hetero) is 1. The molecule has 0 fully saturated rings. The highest BCUT2D eigenvalue weighted by atomic mass is 16.6. The Morgan fingerprint density at radius 3 is 2.76 bits per heavy atom. The summed E-state index contributed by atoms with van der Waals surface area (Å²) in [5, 5.41) is 19.5. The molecule has 0 aliphatic carbocycles. The highest BCUT2D eigenvalue weighted by Gasteiger charge is 2.20. The second kappa shape index (κ2) is 4.45. The summed E-state index contributed by atoms with van der Waals surface area (Å²) < 4.78 is 0. The smallest absolute Gasteiger partial charge is 0.279 e. The lowest BCUT2D eigenvalue weighted by Gasteiger charge is -1.94. The number of aromatic amines is 1. The van der Waals surface area contributed by atoms with E-state index in [1.165, 1.54) is 24.4 Å². The zero-order valence-electron chi connectivity index (χ0n) is 7.93. The third-order valence-corrected chi connectivity index (χ3v) is 2.23. The second-order valence-electron chi connectivity index (χ2n) is 3.10. The fourth-order valence-corrected chi connectivity index (χ4v) is 1.56. The minimum absolute atomic E-state index is 0. The van der Waals surface area contributed by atoms with Crippen molar-refractivity contribution in [3.8, 4) is 6.07 Å². The van der Waals surface area contributed by atoms with Gasteiger partial charge in [0.25, 0.3) is 11.5 Å². The molecule has 0 atom stereocenters. The number of hydrogen-bond donors (Lipinski definition) is 1. The highest BCUT2D eigenvalue weighted by molar-refractivity contribution is 6.17. The van der Waals surface area contributed by atoms with Gasteiger partial charge in [-0.15, -0.1) is 0 Å². The first-order chi connectivity index (χ1) is 7.65. The van der Waals surface area contributed by atoms with Gasteiger partial charge in [0.05, 0.1) is 21.4 Å². The number of carbonyl (C=O) groups is 1. The Kier molecular flexibility index (Phi) is 3.24. The molecule has 2 rings (SSSR count). The Balaban J connectivity index is 0.00000144. The van der Waals surface area contributed by atoms with Gasteiger partial charge in [-0.2, -0.15) is 5.26 Å². The van der Waals surface area contributed by atoms with Crippen molar-refractivity contribution in [2.45, 2.75) is 7.43 Å². The third kappa shape index (κ3) is 1.86. The number of non-ortho nitro benzene ring substituents is 1. The Hall–Kier alpha value is -2.68. The standard InChI is InChI=1S/C10H5N3O3.CH4/c11-4-9(14)6-5-12-7-2-1-3-8(10(6)7)13(15)16;/h1-3,5,12H;1H4. The molecule has 0 unspecified atom stereocenters. The maximum atomic E-state index is 11.3. The van der Waals surface area contributed by atoms with Crippen LogP contribution in [-0.2, 0) is 0 Å². The van der Waals surface area contributed by atoms with Crippen LogP contribution < -0.4 is 0 Å². The van der Waals surface area contributed by atoms with E-state index in [4.69, 9.17) is 5.26 Å². The molecule has 0 saturated heterocycles. The molecule has 1 aromatic carbocycles. The number of nitriles is 1. The fraction of sp³-hybridized carbons (Fsp3) is 0.0909. The van der Waals surface area contributed by atoms with Gasteiger partial charge >= 0.3 is 0 Å². The summed E-state index contributed by atoms with van der Waals surface area (Å²) in [7, 11) is 0. The van der Waals surface area contributed by atoms with E-state index in [-0.39, 0.29) is 24.1 Å². The van der Waals surface area contributed by atoms with Gasteiger partial charge in [0, 0.05) is 12.3 Å². The number of ketones is 1. The second-order valence-corrected chi connectivity index (χ2v) is 3.10. The predicted octanol–water partition coefficient (Wildman–Crippen LogP) is 2.42. The molecule has 1 aromatic heterocycles. The van der Waals surface area contributed by atoms with E-state index in [9.17, 15) is 14.9 Å². The number of aromatic nitrogens is 1. The van der Waals surface area contributed by atoms with Crippen molar-refractivity contribution in [2.24, 2.45) is 0 Å². The van der Waals surface area contributed by atoms with Gasteiger partial charge in [-0.25, -0.2) is 0 Å². The zero-order chi connectivity index (χ0) is 11.7. The van der Waals surface area contributed by atoms with Crippen LogP contribution in [0.1, 0.15) is 17.8 Å². The molecule has 0 aliphatic heterocycles. The van der Waals surface area contributed by atoms with E-state index in [1.54, 1.807) is 6.07 Å². The number of benzene rings is 1. The van der Waals surface area contributed by atoms with Crippen molar-refractivity contribution in [1.29, 1.82) is 5.26 Å². The topological polar surface area (TPSA) is 99.8 Å². The van der Waals surface area contributed by atoms with E-state index in [0.29, 0.717) is 5.52 Å². The van der Waals surface area contributed by atoms with Crippen LogP contribution in [0, 0.1) is 21.4 Å². The van der Waals surface area contributed by atoms with E-state index < -0.39 is 10.7 Å². The van der Waals surface area contributed by atoms with Gasteiger partial charge in [0.2, 0.25) is 0 Å². The first-order valence-electron chi connectivity index (χ1n) is 4.34. The maximum absolute atomic E-state index is 11.3. The first kappa shape index (κ1) is 12.4. The molecule has 6 heteroatoms. The Labute approximate surface area is 96.6 Å². The largest absolute Gasteiger partial charge is 0.360 e. The van der Waals surface area contributed by atoms with E-state index >= 15 is 0 Å². The first-order valence-corrected chi connectivity index (χ1v) is 4.34. The summed E-state index contributed by atoms with van der Waals surface area (Å²) in [5.74, 6) is -0.791. The molecule has 0 spiro atoms. The number of nitro groups is 1. The predicted molar refractivity (Wildman–Crippen MR) is 61.6 cm³/mol. The van der Waals surface area contributed by atoms with Crippen LogP contribution in [0.4, 0.5) is 5.69 Å². The monoisotopic (exact) mass is 231 g/mol. The van der Waals surface area contributed by atoms with Crippen LogP contribution in [0.3, 0.4) is 0 Å². The normalized spacial score (nSPS) is 9.35. The van der Waals surface area contributed by atoms with Crippen LogP contribution in [0.15, 0.2) is 24.4 Å². The zero-order valence-corrected chi connectivity index (χ0v) is 7.93. The summed E-state index contributed by atoms with van der Waals surface area (Å²) in [6.07, 6.45) is 1.31. The van der Waals surface area contributed by atoms with Crippen LogP contribution in [0.25, 0.3) is 10.9 Å². The molecule has 0 saturated carbocycles. The lowest BCUT2D eigenvalue weighted by Crippen LogP contribution is -1.95. The van der Waals surface area contributed by atoms with Crippen molar-refractivity contribution in [1.82, 2.24) is 4.98 Å². The number of fused-ring (bicyclic) bond motifs is 1. The van der Waals surface area contributed by atoms with Crippen molar-refractivity contribution < 1.29 is 9.72 Å². The molecule has 0 aliphatic rings. The van der Waals surface area contributed by atoms with Crippen LogP contribution >= 0.6 is 0 Å². The number of nitrogens with zero attached hydrogens (tertiary/aromatic N) is 2. The molecular weight excluding hydrogens is 222 g/mol. The van der Waals surface area contributed by atoms with Gasteiger partial charge < -0.3 is 4.98 Å². The SMILES string of the molecule is C.N#CC(=O)c1c[nH]c2cccc([N+](=O)[O-])c12. The summed E-state index contributed by atoms with van der Waals surface area (Å²) in [5.41, 5.74) is 0.315. The van der Waals surface area contributed by atoms with Crippen molar-refractivity contribution >= 4 is 22.4 Å².